The first-order chi connectivity index (χ1) is 5.81. The minimum Gasteiger partial charge on any atom is -0.502 e. The van der Waals surface area contributed by atoms with E-state index in [2.05, 4.69) is 0 Å². The Kier molecular flexibility index (Phi) is 8.10. The number of aliphatic hydroxyl groups excluding tert-OH is 2. The zero-order valence-electron chi connectivity index (χ0n) is 7.27. The van der Waals surface area contributed by atoms with Crippen LogP contribution in [0.15, 0.2) is 12.3 Å². The Morgan fingerprint density at radius 3 is 2.83 bits per heavy atom. The minimum atomic E-state index is -0.787. The summed E-state index contributed by atoms with van der Waals surface area (Å²) in [6.07, 6.45) is 2.46. The van der Waals surface area contributed by atoms with Crippen LogP contribution in [0.5, 0.6) is 0 Å². The predicted molar refractivity (Wildman–Crippen MR) is 44.7 cm³/mol. The molecular formula is C8H16O4. The van der Waals surface area contributed by atoms with Crippen LogP contribution < -0.4 is 0 Å². The lowest BCUT2D eigenvalue weighted by molar-refractivity contribution is 0.0146. The zero-order chi connectivity index (χ0) is 9.23. The summed E-state index contributed by atoms with van der Waals surface area (Å²) in [6, 6.07) is 0. The molecule has 0 radical (unpaired) electrons. The number of ether oxygens (including phenoxy) is 2. The van der Waals surface area contributed by atoms with Crippen LogP contribution in [-0.2, 0) is 9.47 Å². The van der Waals surface area contributed by atoms with E-state index in [-0.39, 0.29) is 13.2 Å². The van der Waals surface area contributed by atoms with Gasteiger partial charge in [0.15, 0.2) is 0 Å². The van der Waals surface area contributed by atoms with Crippen LogP contribution in [-0.4, -0.2) is 42.7 Å². The van der Waals surface area contributed by atoms with Gasteiger partial charge >= 0.3 is 0 Å². The lowest BCUT2D eigenvalue weighted by Gasteiger charge is -2.05. The first-order valence-electron chi connectivity index (χ1n) is 3.94. The molecule has 12 heavy (non-hydrogen) atoms. The third-order valence-electron chi connectivity index (χ3n) is 1.09. The summed E-state index contributed by atoms with van der Waals surface area (Å²) in [5.74, 6) is 0. The Labute approximate surface area is 72.4 Å². The highest BCUT2D eigenvalue weighted by Crippen LogP contribution is 1.85. The molecule has 0 saturated carbocycles. The molecule has 1 unspecified atom stereocenters. The van der Waals surface area contributed by atoms with Gasteiger partial charge in [0.25, 0.3) is 0 Å². The maximum absolute atomic E-state index is 8.83. The van der Waals surface area contributed by atoms with Crippen molar-refractivity contribution >= 4 is 0 Å². The van der Waals surface area contributed by atoms with Gasteiger partial charge in [-0.15, -0.1) is 0 Å². The molecule has 0 aliphatic rings. The smallest absolute Gasteiger partial charge is 0.100 e. The second kappa shape index (κ2) is 8.52. The fourth-order valence-electron chi connectivity index (χ4n) is 0.528. The highest BCUT2D eigenvalue weighted by atomic mass is 16.5. The fraction of sp³-hybridized carbons (Fsp3) is 0.750. The topological polar surface area (TPSA) is 58.9 Å². The van der Waals surface area contributed by atoms with Crippen molar-refractivity contribution in [1.29, 1.82) is 0 Å². The van der Waals surface area contributed by atoms with E-state index in [9.17, 15) is 0 Å². The molecule has 0 saturated heterocycles. The van der Waals surface area contributed by atoms with Crippen LogP contribution in [0.25, 0.3) is 0 Å². The third-order valence-corrected chi connectivity index (χ3v) is 1.09. The number of hydrogen-bond donors (Lipinski definition) is 2. The van der Waals surface area contributed by atoms with Crippen LogP contribution >= 0.6 is 0 Å². The highest BCUT2D eigenvalue weighted by Gasteiger charge is 1.98. The van der Waals surface area contributed by atoms with Gasteiger partial charge in [-0.1, -0.05) is 0 Å². The van der Waals surface area contributed by atoms with Gasteiger partial charge in [-0.2, -0.15) is 0 Å². The van der Waals surface area contributed by atoms with Crippen LogP contribution in [0.3, 0.4) is 0 Å². The number of rotatable bonds is 7. The van der Waals surface area contributed by atoms with Crippen LogP contribution in [0.4, 0.5) is 0 Å². The van der Waals surface area contributed by atoms with E-state index in [0.717, 1.165) is 0 Å². The van der Waals surface area contributed by atoms with Gasteiger partial charge in [-0.05, 0) is 13.0 Å². The van der Waals surface area contributed by atoms with Crippen molar-refractivity contribution < 1.29 is 19.7 Å². The molecule has 0 aliphatic heterocycles. The molecule has 0 heterocycles. The molecule has 0 amide bonds. The molecule has 0 aromatic rings. The van der Waals surface area contributed by atoms with Crippen molar-refractivity contribution in [2.75, 3.05) is 26.4 Å². The van der Waals surface area contributed by atoms with Crippen LogP contribution in [0.1, 0.15) is 6.92 Å². The van der Waals surface area contributed by atoms with Crippen molar-refractivity contribution in [3.05, 3.63) is 12.3 Å². The van der Waals surface area contributed by atoms with E-state index in [1.165, 1.54) is 0 Å². The average Bonchev–Trinajstić information content (AvgIpc) is 2.10. The molecule has 0 fully saturated rings. The molecule has 0 bridgehead atoms. The summed E-state index contributed by atoms with van der Waals surface area (Å²) in [4.78, 5) is 0. The molecule has 4 heteroatoms. The second-order valence-electron chi connectivity index (χ2n) is 2.20. The number of aliphatic hydroxyl groups is 2. The van der Waals surface area contributed by atoms with Crippen molar-refractivity contribution in [3.8, 4) is 0 Å². The van der Waals surface area contributed by atoms with Gasteiger partial charge in [0.05, 0.1) is 32.7 Å². The van der Waals surface area contributed by atoms with Crippen molar-refractivity contribution in [2.45, 2.75) is 13.0 Å². The van der Waals surface area contributed by atoms with E-state index in [0.29, 0.717) is 13.2 Å². The summed E-state index contributed by atoms with van der Waals surface area (Å²) in [5, 5.41) is 17.2. The third kappa shape index (κ3) is 7.53. The summed E-state index contributed by atoms with van der Waals surface area (Å²) < 4.78 is 9.85. The SMILES string of the molecule is CCOC=CCOCC(O)CO. The monoisotopic (exact) mass is 176 g/mol. The lowest BCUT2D eigenvalue weighted by atomic mass is 10.4. The Bertz CT molecular complexity index is 114. The van der Waals surface area contributed by atoms with E-state index in [1.54, 1.807) is 12.3 Å². The van der Waals surface area contributed by atoms with E-state index in [4.69, 9.17) is 19.7 Å². The molecule has 1 atom stereocenters. The van der Waals surface area contributed by atoms with Crippen molar-refractivity contribution in [3.63, 3.8) is 0 Å². The largest absolute Gasteiger partial charge is 0.502 e. The van der Waals surface area contributed by atoms with Gasteiger partial charge in [0.2, 0.25) is 0 Å². The lowest BCUT2D eigenvalue weighted by Crippen LogP contribution is -2.19. The van der Waals surface area contributed by atoms with Gasteiger partial charge < -0.3 is 19.7 Å². The molecule has 0 spiro atoms. The molecule has 0 aromatic carbocycles. The van der Waals surface area contributed by atoms with Gasteiger partial charge in [0.1, 0.15) is 6.10 Å². The number of hydrogen-bond acceptors (Lipinski definition) is 4. The standard InChI is InChI=1S/C8H16O4/c1-2-11-4-3-5-12-7-8(10)6-9/h3-4,8-10H,2,5-7H2,1H3. The van der Waals surface area contributed by atoms with Gasteiger partial charge in [0, 0.05) is 0 Å². The van der Waals surface area contributed by atoms with Crippen molar-refractivity contribution in [1.82, 2.24) is 0 Å². The normalized spacial score (nSPS) is 13.6. The summed E-state index contributed by atoms with van der Waals surface area (Å²) in [7, 11) is 0. The first-order valence-corrected chi connectivity index (χ1v) is 3.94. The quantitative estimate of drug-likeness (QED) is 0.420. The fourth-order valence-corrected chi connectivity index (χ4v) is 0.528. The van der Waals surface area contributed by atoms with Crippen molar-refractivity contribution in [2.24, 2.45) is 0 Å². The zero-order valence-corrected chi connectivity index (χ0v) is 7.27. The molecule has 0 aromatic heterocycles. The van der Waals surface area contributed by atoms with E-state index in [1.807, 2.05) is 6.92 Å². The molecule has 72 valence electrons. The van der Waals surface area contributed by atoms with E-state index < -0.39 is 6.10 Å². The summed E-state index contributed by atoms with van der Waals surface area (Å²) in [5.41, 5.74) is 0. The Morgan fingerprint density at radius 2 is 2.25 bits per heavy atom. The Balaban J connectivity index is 3.09. The second-order valence-corrected chi connectivity index (χ2v) is 2.20. The highest BCUT2D eigenvalue weighted by molar-refractivity contribution is 4.72. The molecule has 0 rings (SSSR count). The van der Waals surface area contributed by atoms with Crippen LogP contribution in [0.2, 0.25) is 0 Å². The molecular weight excluding hydrogens is 160 g/mol. The van der Waals surface area contributed by atoms with Crippen LogP contribution in [0, 0.1) is 0 Å². The van der Waals surface area contributed by atoms with Gasteiger partial charge in [-0.25, -0.2) is 0 Å². The Hall–Kier alpha value is -0.580. The first kappa shape index (κ1) is 11.4. The summed E-state index contributed by atoms with van der Waals surface area (Å²) >= 11 is 0. The molecule has 4 nitrogen and oxygen atoms in total. The molecule has 2 N–H and O–H groups in total. The summed E-state index contributed by atoms with van der Waals surface area (Å²) in [6.45, 7) is 2.79. The van der Waals surface area contributed by atoms with Gasteiger partial charge in [-0.3, -0.25) is 0 Å². The predicted octanol–water partition coefficient (Wildman–Crippen LogP) is -0.0936. The average molecular weight is 176 g/mol. The molecule has 0 aliphatic carbocycles. The Morgan fingerprint density at radius 1 is 1.50 bits per heavy atom. The minimum absolute atomic E-state index is 0.146. The van der Waals surface area contributed by atoms with E-state index >= 15 is 0 Å². The maximum Gasteiger partial charge on any atom is 0.100 e. The maximum atomic E-state index is 8.83.